The first-order valence-corrected chi connectivity index (χ1v) is 8.94. The monoisotopic (exact) mass is 376 g/mol. The number of rotatable bonds is 7. The lowest BCUT2D eigenvalue weighted by molar-refractivity contribution is -0.384. The van der Waals surface area contributed by atoms with E-state index in [4.69, 9.17) is 9.47 Å². The number of nitrogens with one attached hydrogen (secondary N) is 1. The molecule has 1 aromatic rings. The second-order valence-electron chi connectivity index (χ2n) is 6.30. The molecule has 0 amide bonds. The molecule has 1 heterocycles. The fraction of sp³-hybridized carbons (Fsp3) is 0.474. The first-order chi connectivity index (χ1) is 12.9. The molecule has 0 saturated carbocycles. The zero-order valence-corrected chi connectivity index (χ0v) is 15.7. The normalized spacial score (nSPS) is 19.2. The third-order valence-electron chi connectivity index (χ3n) is 4.28. The van der Waals surface area contributed by atoms with Gasteiger partial charge in [0, 0.05) is 30.3 Å². The minimum atomic E-state index is -0.701. The summed E-state index contributed by atoms with van der Waals surface area (Å²) in [5.41, 5.74) is 1.63. The maximum absolute atomic E-state index is 12.6. The predicted molar refractivity (Wildman–Crippen MR) is 97.8 cm³/mol. The molecule has 0 aliphatic carbocycles. The maximum atomic E-state index is 12.6. The SMILES string of the molecule is CCOC(=O)C1=C(Cc2ccc([N+](=O)[O-])cc2)N[C@H](C)C[C@@H]1C(=O)OCC. The molecule has 0 radical (unpaired) electrons. The molecule has 146 valence electrons. The standard InChI is InChI=1S/C19H24N2O6/c1-4-26-18(22)15-10-12(3)20-16(17(15)19(23)27-5-2)11-13-6-8-14(9-7-13)21(24)25/h6-9,12,15,20H,4-5,10-11H2,1-3H3/t12-,15+/m1/s1. The van der Waals surface area contributed by atoms with Crippen molar-refractivity contribution in [3.8, 4) is 0 Å². The van der Waals surface area contributed by atoms with Gasteiger partial charge in [0.1, 0.15) is 0 Å². The van der Waals surface area contributed by atoms with Gasteiger partial charge < -0.3 is 14.8 Å². The number of benzene rings is 1. The van der Waals surface area contributed by atoms with Gasteiger partial charge in [-0.15, -0.1) is 0 Å². The minimum absolute atomic E-state index is 0.00674. The summed E-state index contributed by atoms with van der Waals surface area (Å²) >= 11 is 0. The predicted octanol–water partition coefficient (Wildman–Crippen LogP) is 2.52. The minimum Gasteiger partial charge on any atom is -0.466 e. The number of ether oxygens (including phenoxy) is 2. The van der Waals surface area contributed by atoms with Crippen molar-refractivity contribution in [3.63, 3.8) is 0 Å². The van der Waals surface area contributed by atoms with Gasteiger partial charge in [-0.3, -0.25) is 14.9 Å². The zero-order chi connectivity index (χ0) is 20.0. The summed E-state index contributed by atoms with van der Waals surface area (Å²) in [4.78, 5) is 35.3. The van der Waals surface area contributed by atoms with E-state index in [2.05, 4.69) is 5.32 Å². The molecule has 0 aromatic heterocycles. The van der Waals surface area contributed by atoms with Crippen molar-refractivity contribution >= 4 is 17.6 Å². The number of nitro benzene ring substituents is 1. The Morgan fingerprint density at radius 2 is 1.81 bits per heavy atom. The second-order valence-corrected chi connectivity index (χ2v) is 6.30. The molecule has 2 rings (SSSR count). The van der Waals surface area contributed by atoms with Gasteiger partial charge in [0.15, 0.2) is 0 Å². The third kappa shape index (κ3) is 5.06. The lowest BCUT2D eigenvalue weighted by atomic mass is 9.85. The number of hydrogen-bond acceptors (Lipinski definition) is 7. The van der Waals surface area contributed by atoms with Crippen LogP contribution < -0.4 is 5.32 Å². The van der Waals surface area contributed by atoms with Crippen LogP contribution in [0.3, 0.4) is 0 Å². The molecule has 0 bridgehead atoms. The number of hydrogen-bond donors (Lipinski definition) is 1. The van der Waals surface area contributed by atoms with E-state index in [1.807, 2.05) is 6.92 Å². The van der Waals surface area contributed by atoms with Crippen LogP contribution in [-0.4, -0.2) is 36.1 Å². The Balaban J connectivity index is 2.40. The van der Waals surface area contributed by atoms with E-state index in [1.165, 1.54) is 12.1 Å². The Morgan fingerprint density at radius 3 is 2.37 bits per heavy atom. The fourth-order valence-corrected chi connectivity index (χ4v) is 3.13. The van der Waals surface area contributed by atoms with Crippen LogP contribution in [0.1, 0.15) is 32.8 Å². The quantitative estimate of drug-likeness (QED) is 0.442. The van der Waals surface area contributed by atoms with Gasteiger partial charge in [-0.25, -0.2) is 4.79 Å². The van der Waals surface area contributed by atoms with Crippen molar-refractivity contribution in [1.29, 1.82) is 0 Å². The molecule has 1 aromatic carbocycles. The summed E-state index contributed by atoms with van der Waals surface area (Å²) in [6.45, 7) is 5.76. The highest BCUT2D eigenvalue weighted by atomic mass is 16.6. The first kappa shape index (κ1) is 20.4. The van der Waals surface area contributed by atoms with Crippen LogP contribution in [0.15, 0.2) is 35.5 Å². The molecule has 1 aliphatic heterocycles. The molecule has 0 fully saturated rings. The van der Waals surface area contributed by atoms with Crippen molar-refractivity contribution in [1.82, 2.24) is 5.32 Å². The van der Waals surface area contributed by atoms with E-state index in [1.54, 1.807) is 26.0 Å². The van der Waals surface area contributed by atoms with Crippen molar-refractivity contribution in [2.24, 2.45) is 5.92 Å². The van der Waals surface area contributed by atoms with Gasteiger partial charge in [-0.2, -0.15) is 0 Å². The highest BCUT2D eigenvalue weighted by Crippen LogP contribution is 2.30. The summed E-state index contributed by atoms with van der Waals surface area (Å²) in [5, 5.41) is 14.1. The largest absolute Gasteiger partial charge is 0.466 e. The number of allylic oxidation sites excluding steroid dienone is 1. The Labute approximate surface area is 157 Å². The number of nitrogens with zero attached hydrogens (tertiary/aromatic N) is 1. The zero-order valence-electron chi connectivity index (χ0n) is 15.7. The van der Waals surface area contributed by atoms with E-state index in [0.29, 0.717) is 18.5 Å². The van der Waals surface area contributed by atoms with Crippen LogP contribution in [0.25, 0.3) is 0 Å². The van der Waals surface area contributed by atoms with Gasteiger partial charge in [0.2, 0.25) is 0 Å². The summed E-state index contributed by atoms with van der Waals surface area (Å²) in [5.74, 6) is -1.70. The average Bonchev–Trinajstić information content (AvgIpc) is 2.62. The Morgan fingerprint density at radius 1 is 1.19 bits per heavy atom. The van der Waals surface area contributed by atoms with Crippen molar-refractivity contribution in [3.05, 3.63) is 51.2 Å². The van der Waals surface area contributed by atoms with Crippen LogP contribution in [0.5, 0.6) is 0 Å². The molecule has 0 saturated heterocycles. The summed E-state index contributed by atoms with van der Waals surface area (Å²) < 4.78 is 10.3. The molecule has 1 N–H and O–H groups in total. The molecule has 0 spiro atoms. The van der Waals surface area contributed by atoms with Crippen molar-refractivity contribution in [2.45, 2.75) is 39.7 Å². The summed E-state index contributed by atoms with van der Waals surface area (Å²) in [7, 11) is 0. The number of esters is 2. The second kappa shape index (κ2) is 9.16. The highest BCUT2D eigenvalue weighted by molar-refractivity contribution is 5.96. The van der Waals surface area contributed by atoms with Gasteiger partial charge >= 0.3 is 11.9 Å². The molecule has 8 nitrogen and oxygen atoms in total. The third-order valence-corrected chi connectivity index (χ3v) is 4.28. The van der Waals surface area contributed by atoms with Gasteiger partial charge in [0.05, 0.1) is 29.6 Å². The first-order valence-electron chi connectivity index (χ1n) is 8.94. The Kier molecular flexibility index (Phi) is 6.92. The molecule has 0 unspecified atom stereocenters. The van der Waals surface area contributed by atoms with Gasteiger partial charge in [-0.1, -0.05) is 12.1 Å². The number of non-ortho nitro benzene ring substituents is 1. The van der Waals surface area contributed by atoms with Crippen LogP contribution in [-0.2, 0) is 25.5 Å². The van der Waals surface area contributed by atoms with Crippen LogP contribution >= 0.6 is 0 Å². The smallest absolute Gasteiger partial charge is 0.336 e. The van der Waals surface area contributed by atoms with E-state index >= 15 is 0 Å². The highest BCUT2D eigenvalue weighted by Gasteiger charge is 2.37. The molecular formula is C19H24N2O6. The number of carbonyl (C=O) groups is 2. The lowest BCUT2D eigenvalue weighted by Gasteiger charge is -2.31. The van der Waals surface area contributed by atoms with E-state index in [0.717, 1.165) is 5.56 Å². The molecular weight excluding hydrogens is 352 g/mol. The summed E-state index contributed by atoms with van der Waals surface area (Å²) in [6.07, 6.45) is 0.753. The van der Waals surface area contributed by atoms with Gasteiger partial charge in [0.25, 0.3) is 5.69 Å². The molecule has 1 aliphatic rings. The van der Waals surface area contributed by atoms with E-state index < -0.39 is 22.8 Å². The van der Waals surface area contributed by atoms with Crippen molar-refractivity contribution < 1.29 is 24.0 Å². The van der Waals surface area contributed by atoms with Crippen LogP contribution in [0.2, 0.25) is 0 Å². The van der Waals surface area contributed by atoms with Crippen LogP contribution in [0.4, 0.5) is 5.69 Å². The average molecular weight is 376 g/mol. The van der Waals surface area contributed by atoms with Crippen molar-refractivity contribution in [2.75, 3.05) is 13.2 Å². The maximum Gasteiger partial charge on any atom is 0.336 e. The van der Waals surface area contributed by atoms with E-state index in [9.17, 15) is 19.7 Å². The lowest BCUT2D eigenvalue weighted by Crippen LogP contribution is -2.41. The molecule has 8 heteroatoms. The Hall–Kier alpha value is -2.90. The Bertz CT molecular complexity index is 741. The van der Waals surface area contributed by atoms with Gasteiger partial charge in [-0.05, 0) is 32.8 Å². The van der Waals surface area contributed by atoms with Crippen LogP contribution in [0, 0.1) is 16.0 Å². The van der Waals surface area contributed by atoms with E-state index in [-0.39, 0.29) is 30.5 Å². The topological polar surface area (TPSA) is 108 Å². The molecule has 27 heavy (non-hydrogen) atoms. The number of nitro groups is 1. The summed E-state index contributed by atoms with van der Waals surface area (Å²) in [6, 6.07) is 6.05. The number of carbonyl (C=O) groups excluding carboxylic acids is 2. The fourth-order valence-electron chi connectivity index (χ4n) is 3.13. The molecule has 2 atom stereocenters.